The molecule has 4 heteroatoms. The molecule has 2 heterocycles. The molecule has 3 rings (SSSR count). The number of carbonyl (C=O) groups is 1. The van der Waals surface area contributed by atoms with Gasteiger partial charge in [0.25, 0.3) is 0 Å². The van der Waals surface area contributed by atoms with Crippen molar-refractivity contribution in [1.82, 2.24) is 4.98 Å². The van der Waals surface area contributed by atoms with Crippen LogP contribution in [0.4, 0.5) is 5.69 Å². The van der Waals surface area contributed by atoms with Gasteiger partial charge in [-0.1, -0.05) is 18.2 Å². The van der Waals surface area contributed by atoms with E-state index in [4.69, 9.17) is 0 Å². The van der Waals surface area contributed by atoms with Gasteiger partial charge in [0.1, 0.15) is 6.54 Å². The summed E-state index contributed by atoms with van der Waals surface area (Å²) < 4.78 is 2.14. The minimum atomic E-state index is 0.0740. The lowest BCUT2D eigenvalue weighted by atomic mass is 10.1. The number of nitrogens with one attached hydrogen (secondary N) is 1. The molecule has 0 spiro atoms. The molecule has 0 aliphatic heterocycles. The van der Waals surface area contributed by atoms with E-state index in [0.29, 0.717) is 6.42 Å². The summed E-state index contributed by atoms with van der Waals surface area (Å²) in [4.78, 5) is 16.1. The van der Waals surface area contributed by atoms with Crippen LogP contribution in [-0.2, 0) is 17.8 Å². The predicted molar refractivity (Wildman–Crippen MR) is 103 cm³/mol. The summed E-state index contributed by atoms with van der Waals surface area (Å²) in [6.45, 7) is 0.942. The number of amides is 1. The van der Waals surface area contributed by atoms with Gasteiger partial charge in [-0.25, -0.2) is 4.57 Å². The maximum Gasteiger partial charge on any atom is 0.224 e. The van der Waals surface area contributed by atoms with E-state index in [1.165, 1.54) is 11.1 Å². The molecule has 0 bridgehead atoms. The third kappa shape index (κ3) is 5.81. The Hall–Kier alpha value is -3.01. The highest BCUT2D eigenvalue weighted by Gasteiger charge is 2.04. The van der Waals surface area contributed by atoms with Crippen molar-refractivity contribution in [2.24, 2.45) is 0 Å². The molecule has 26 heavy (non-hydrogen) atoms. The average Bonchev–Trinajstić information content (AvgIpc) is 2.68. The van der Waals surface area contributed by atoms with E-state index in [9.17, 15) is 4.79 Å². The van der Waals surface area contributed by atoms with Crippen LogP contribution in [0.2, 0.25) is 0 Å². The van der Waals surface area contributed by atoms with Gasteiger partial charge in [0.2, 0.25) is 5.91 Å². The maximum absolute atomic E-state index is 12.1. The first-order chi connectivity index (χ1) is 12.8. The van der Waals surface area contributed by atoms with E-state index in [2.05, 4.69) is 27.0 Å². The number of carbonyl (C=O) groups excluding carboxylic acids is 1. The second-order valence-corrected chi connectivity index (χ2v) is 6.35. The Bertz CT molecular complexity index is 802. The fraction of sp³-hybridized carbons (Fsp3) is 0.227. The lowest BCUT2D eigenvalue weighted by Gasteiger charge is -2.07. The Morgan fingerprint density at radius 1 is 0.885 bits per heavy atom. The van der Waals surface area contributed by atoms with Gasteiger partial charge in [-0.15, -0.1) is 0 Å². The molecule has 0 aliphatic carbocycles. The summed E-state index contributed by atoms with van der Waals surface area (Å²) in [6.07, 6.45) is 11.0. The molecule has 1 aromatic carbocycles. The summed E-state index contributed by atoms with van der Waals surface area (Å²) in [5.41, 5.74) is 3.30. The van der Waals surface area contributed by atoms with Crippen molar-refractivity contribution >= 4 is 11.6 Å². The molecule has 0 radical (unpaired) electrons. The second kappa shape index (κ2) is 9.47. The van der Waals surface area contributed by atoms with Gasteiger partial charge in [0.15, 0.2) is 12.4 Å². The van der Waals surface area contributed by atoms with Crippen molar-refractivity contribution in [2.45, 2.75) is 32.2 Å². The zero-order valence-electron chi connectivity index (χ0n) is 14.8. The largest absolute Gasteiger partial charge is 0.326 e. The summed E-state index contributed by atoms with van der Waals surface area (Å²) in [5, 5.41) is 2.98. The summed E-state index contributed by atoms with van der Waals surface area (Å²) in [5.74, 6) is 0.0740. The van der Waals surface area contributed by atoms with Gasteiger partial charge < -0.3 is 5.32 Å². The van der Waals surface area contributed by atoms with Crippen LogP contribution in [0.1, 0.15) is 30.4 Å². The van der Waals surface area contributed by atoms with Crippen LogP contribution >= 0.6 is 0 Å². The number of unbranched alkanes of at least 4 members (excludes halogenated alkanes) is 1. The number of aryl methyl sites for hydroxylation is 1. The molecule has 1 N–H and O–H groups in total. The number of hydrogen-bond acceptors (Lipinski definition) is 2. The third-order valence-electron chi connectivity index (χ3n) is 4.24. The van der Waals surface area contributed by atoms with Crippen LogP contribution in [0.15, 0.2) is 79.4 Å². The van der Waals surface area contributed by atoms with Crippen LogP contribution in [0.25, 0.3) is 0 Å². The minimum absolute atomic E-state index is 0.0740. The van der Waals surface area contributed by atoms with E-state index >= 15 is 0 Å². The summed E-state index contributed by atoms with van der Waals surface area (Å²) >= 11 is 0. The Balaban J connectivity index is 1.40. The van der Waals surface area contributed by atoms with Crippen molar-refractivity contribution in [1.29, 1.82) is 0 Å². The normalized spacial score (nSPS) is 10.5. The van der Waals surface area contributed by atoms with E-state index in [0.717, 1.165) is 31.5 Å². The molecule has 2 aromatic heterocycles. The van der Waals surface area contributed by atoms with Crippen molar-refractivity contribution in [2.75, 3.05) is 5.32 Å². The lowest BCUT2D eigenvalue weighted by Crippen LogP contribution is -2.32. The standard InChI is InChI=1S/C22H23N3O/c26-22(6-2-5-17-25-15-3-1-4-16-25)24-21-9-7-19(8-10-21)18-20-11-13-23-14-12-20/h1,3-4,7-16H,2,5-6,17-18H2/p+1. The quantitative estimate of drug-likeness (QED) is 0.498. The van der Waals surface area contributed by atoms with Crippen LogP contribution < -0.4 is 9.88 Å². The highest BCUT2D eigenvalue weighted by Crippen LogP contribution is 2.14. The summed E-state index contributed by atoms with van der Waals surface area (Å²) in [7, 11) is 0. The Morgan fingerprint density at radius 3 is 2.31 bits per heavy atom. The molecule has 0 unspecified atom stereocenters. The van der Waals surface area contributed by atoms with Crippen LogP contribution in [-0.4, -0.2) is 10.9 Å². The Morgan fingerprint density at radius 2 is 1.58 bits per heavy atom. The van der Waals surface area contributed by atoms with Gasteiger partial charge in [0, 0.05) is 43.1 Å². The van der Waals surface area contributed by atoms with Gasteiger partial charge in [-0.05, 0) is 48.2 Å². The molecule has 0 saturated heterocycles. The van der Waals surface area contributed by atoms with Gasteiger partial charge in [-0.3, -0.25) is 9.78 Å². The zero-order chi connectivity index (χ0) is 18.0. The first kappa shape index (κ1) is 17.8. The molecule has 1 amide bonds. The molecular weight excluding hydrogens is 322 g/mol. The Labute approximate surface area is 154 Å². The Kier molecular flexibility index (Phi) is 6.48. The number of hydrogen-bond donors (Lipinski definition) is 1. The zero-order valence-corrected chi connectivity index (χ0v) is 14.8. The smallest absolute Gasteiger partial charge is 0.224 e. The van der Waals surface area contributed by atoms with Crippen LogP contribution in [0, 0.1) is 0 Å². The number of aromatic nitrogens is 2. The number of nitrogens with zero attached hydrogens (tertiary/aromatic N) is 2. The van der Waals surface area contributed by atoms with Gasteiger partial charge >= 0.3 is 0 Å². The van der Waals surface area contributed by atoms with Crippen LogP contribution in [0.3, 0.4) is 0 Å². The molecule has 3 aromatic rings. The van der Waals surface area contributed by atoms with E-state index < -0.39 is 0 Å². The molecule has 0 fully saturated rings. The maximum atomic E-state index is 12.1. The number of rotatable bonds is 8. The van der Waals surface area contributed by atoms with Crippen molar-refractivity contribution in [3.63, 3.8) is 0 Å². The molecular formula is C22H24N3O+. The van der Waals surface area contributed by atoms with Gasteiger partial charge in [0.05, 0.1) is 0 Å². The molecule has 132 valence electrons. The minimum Gasteiger partial charge on any atom is -0.326 e. The third-order valence-corrected chi connectivity index (χ3v) is 4.24. The van der Waals surface area contributed by atoms with Crippen molar-refractivity contribution in [3.8, 4) is 0 Å². The highest BCUT2D eigenvalue weighted by atomic mass is 16.1. The molecule has 0 atom stereocenters. The van der Waals surface area contributed by atoms with Crippen molar-refractivity contribution < 1.29 is 9.36 Å². The molecule has 0 saturated carbocycles. The number of pyridine rings is 2. The summed E-state index contributed by atoms with van der Waals surface area (Å²) in [6, 6.07) is 18.1. The first-order valence-corrected chi connectivity index (χ1v) is 9.01. The van der Waals surface area contributed by atoms with E-state index in [1.54, 1.807) is 12.4 Å². The first-order valence-electron chi connectivity index (χ1n) is 9.01. The number of anilines is 1. The fourth-order valence-corrected chi connectivity index (χ4v) is 2.83. The number of benzene rings is 1. The SMILES string of the molecule is O=C(CCCC[n+]1ccccc1)Nc1ccc(Cc2ccncc2)cc1. The van der Waals surface area contributed by atoms with Crippen LogP contribution in [0.5, 0.6) is 0 Å². The fourth-order valence-electron chi connectivity index (χ4n) is 2.83. The molecule has 0 aliphatic rings. The van der Waals surface area contributed by atoms with E-state index in [-0.39, 0.29) is 5.91 Å². The molecule has 4 nitrogen and oxygen atoms in total. The van der Waals surface area contributed by atoms with Crippen molar-refractivity contribution in [3.05, 3.63) is 90.5 Å². The van der Waals surface area contributed by atoms with Gasteiger partial charge in [-0.2, -0.15) is 0 Å². The highest BCUT2D eigenvalue weighted by molar-refractivity contribution is 5.90. The monoisotopic (exact) mass is 346 g/mol. The topological polar surface area (TPSA) is 45.9 Å². The second-order valence-electron chi connectivity index (χ2n) is 6.35. The van der Waals surface area contributed by atoms with E-state index in [1.807, 2.05) is 54.9 Å². The predicted octanol–water partition coefficient (Wildman–Crippen LogP) is 3.77. The lowest BCUT2D eigenvalue weighted by molar-refractivity contribution is -0.697. The average molecular weight is 346 g/mol.